The van der Waals surface area contributed by atoms with E-state index in [2.05, 4.69) is 4.98 Å². The zero-order valence-corrected chi connectivity index (χ0v) is 14.2. The van der Waals surface area contributed by atoms with Crippen LogP contribution in [-0.4, -0.2) is 34.5 Å². The van der Waals surface area contributed by atoms with Crippen LogP contribution in [0.25, 0.3) is 11.0 Å². The maximum absolute atomic E-state index is 12.6. The Morgan fingerprint density at radius 3 is 2.58 bits per heavy atom. The first-order chi connectivity index (χ1) is 11.6. The number of rotatable bonds is 5. The zero-order valence-electron chi connectivity index (χ0n) is 14.2. The van der Waals surface area contributed by atoms with Gasteiger partial charge in [0.1, 0.15) is 18.1 Å². The van der Waals surface area contributed by atoms with Gasteiger partial charge in [-0.2, -0.15) is 0 Å². The Balaban J connectivity index is 1.72. The van der Waals surface area contributed by atoms with Crippen LogP contribution in [0.15, 0.2) is 48.5 Å². The Labute approximate surface area is 141 Å². The highest BCUT2D eigenvalue weighted by molar-refractivity contribution is 5.81. The van der Waals surface area contributed by atoms with Gasteiger partial charge in [0.05, 0.1) is 18.1 Å². The number of imidazole rings is 1. The van der Waals surface area contributed by atoms with E-state index in [1.54, 1.807) is 12.0 Å². The molecule has 1 amide bonds. The number of aryl methyl sites for hydroxylation is 1. The van der Waals surface area contributed by atoms with E-state index in [-0.39, 0.29) is 5.91 Å². The number of methoxy groups -OCH3 is 1. The number of nitrogens with zero attached hydrogens (tertiary/aromatic N) is 3. The van der Waals surface area contributed by atoms with E-state index in [0.717, 1.165) is 28.2 Å². The van der Waals surface area contributed by atoms with Crippen molar-refractivity contribution in [3.8, 4) is 5.75 Å². The molecule has 0 N–H and O–H groups in total. The average molecular weight is 323 g/mol. The molecule has 0 atom stereocenters. The molecule has 0 saturated heterocycles. The topological polar surface area (TPSA) is 47.4 Å². The molecule has 124 valence electrons. The van der Waals surface area contributed by atoms with Gasteiger partial charge in [0.25, 0.3) is 0 Å². The van der Waals surface area contributed by atoms with Gasteiger partial charge < -0.3 is 14.2 Å². The van der Waals surface area contributed by atoms with Crippen LogP contribution in [0.1, 0.15) is 11.4 Å². The molecule has 0 unspecified atom stereocenters. The lowest BCUT2D eigenvalue weighted by Crippen LogP contribution is -2.30. The standard InChI is InChI=1S/C19H21N3O2/c1-14-20-17-6-4-5-7-18(17)22(14)13-19(23)21(2)12-15-8-10-16(24-3)11-9-15/h4-11H,12-13H2,1-3H3. The van der Waals surface area contributed by atoms with Crippen molar-refractivity contribution < 1.29 is 9.53 Å². The molecule has 0 bridgehead atoms. The molecule has 2 aromatic carbocycles. The van der Waals surface area contributed by atoms with E-state index in [4.69, 9.17) is 4.74 Å². The van der Waals surface area contributed by atoms with E-state index >= 15 is 0 Å². The van der Waals surface area contributed by atoms with Crippen molar-refractivity contribution >= 4 is 16.9 Å². The Morgan fingerprint density at radius 1 is 1.17 bits per heavy atom. The second-order valence-electron chi connectivity index (χ2n) is 5.83. The summed E-state index contributed by atoms with van der Waals surface area (Å²) >= 11 is 0. The molecule has 5 nitrogen and oxygen atoms in total. The predicted octanol–water partition coefficient (Wildman–Crippen LogP) is 3.01. The quantitative estimate of drug-likeness (QED) is 0.725. The summed E-state index contributed by atoms with van der Waals surface area (Å²) in [7, 11) is 3.46. The molecule has 0 spiro atoms. The van der Waals surface area contributed by atoms with Crippen LogP contribution in [0.2, 0.25) is 0 Å². The highest BCUT2D eigenvalue weighted by Crippen LogP contribution is 2.16. The number of ether oxygens (including phenoxy) is 1. The summed E-state index contributed by atoms with van der Waals surface area (Å²) in [5.74, 6) is 1.72. The van der Waals surface area contributed by atoms with Crippen molar-refractivity contribution in [2.24, 2.45) is 0 Å². The van der Waals surface area contributed by atoms with Crippen LogP contribution in [0.4, 0.5) is 0 Å². The summed E-state index contributed by atoms with van der Waals surface area (Å²) < 4.78 is 7.12. The molecule has 0 aliphatic carbocycles. The number of hydrogen-bond donors (Lipinski definition) is 0. The van der Waals surface area contributed by atoms with Gasteiger partial charge in [-0.1, -0.05) is 24.3 Å². The van der Waals surface area contributed by atoms with Crippen molar-refractivity contribution in [1.29, 1.82) is 0 Å². The molecule has 0 aliphatic rings. The van der Waals surface area contributed by atoms with E-state index < -0.39 is 0 Å². The number of para-hydroxylation sites is 2. The highest BCUT2D eigenvalue weighted by atomic mass is 16.5. The van der Waals surface area contributed by atoms with Crippen molar-refractivity contribution in [3.05, 3.63) is 59.9 Å². The normalized spacial score (nSPS) is 10.8. The Bertz CT molecular complexity index is 853. The first-order valence-corrected chi connectivity index (χ1v) is 7.87. The molecule has 24 heavy (non-hydrogen) atoms. The second-order valence-corrected chi connectivity index (χ2v) is 5.83. The minimum atomic E-state index is 0.0528. The highest BCUT2D eigenvalue weighted by Gasteiger charge is 2.14. The molecular weight excluding hydrogens is 302 g/mol. The molecule has 1 aromatic heterocycles. The van der Waals surface area contributed by atoms with Crippen LogP contribution >= 0.6 is 0 Å². The first-order valence-electron chi connectivity index (χ1n) is 7.87. The van der Waals surface area contributed by atoms with Gasteiger partial charge in [0.2, 0.25) is 5.91 Å². The number of amides is 1. The molecule has 0 aliphatic heterocycles. The first kappa shape index (κ1) is 16.1. The maximum atomic E-state index is 12.6. The molecule has 0 saturated carbocycles. The van der Waals surface area contributed by atoms with Crippen LogP contribution in [-0.2, 0) is 17.9 Å². The third-order valence-corrected chi connectivity index (χ3v) is 4.14. The summed E-state index contributed by atoms with van der Waals surface area (Å²) in [6, 6.07) is 15.6. The van der Waals surface area contributed by atoms with Crippen molar-refractivity contribution in [2.75, 3.05) is 14.2 Å². The Morgan fingerprint density at radius 2 is 1.88 bits per heavy atom. The average Bonchev–Trinajstić information content (AvgIpc) is 2.91. The summed E-state index contributed by atoms with van der Waals surface area (Å²) in [6.45, 7) is 2.78. The number of carbonyl (C=O) groups excluding carboxylic acids is 1. The lowest BCUT2D eigenvalue weighted by Gasteiger charge is -2.18. The van der Waals surface area contributed by atoms with Gasteiger partial charge in [-0.15, -0.1) is 0 Å². The fraction of sp³-hybridized carbons (Fsp3) is 0.263. The van der Waals surface area contributed by atoms with E-state index in [1.165, 1.54) is 0 Å². The summed E-state index contributed by atoms with van der Waals surface area (Å²) in [5.41, 5.74) is 2.97. The molecule has 0 radical (unpaired) electrons. The third-order valence-electron chi connectivity index (χ3n) is 4.14. The summed E-state index contributed by atoms with van der Waals surface area (Å²) in [4.78, 5) is 18.8. The largest absolute Gasteiger partial charge is 0.497 e. The Hall–Kier alpha value is -2.82. The van der Waals surface area contributed by atoms with E-state index in [1.807, 2.05) is 67.1 Å². The predicted molar refractivity (Wildman–Crippen MR) is 93.9 cm³/mol. The summed E-state index contributed by atoms with van der Waals surface area (Å²) in [6.07, 6.45) is 0. The lowest BCUT2D eigenvalue weighted by atomic mass is 10.2. The molecule has 1 heterocycles. The number of aromatic nitrogens is 2. The van der Waals surface area contributed by atoms with Crippen LogP contribution in [0, 0.1) is 6.92 Å². The molecule has 3 aromatic rings. The number of fused-ring (bicyclic) bond motifs is 1. The van der Waals surface area contributed by atoms with E-state index in [0.29, 0.717) is 13.1 Å². The number of hydrogen-bond acceptors (Lipinski definition) is 3. The smallest absolute Gasteiger partial charge is 0.242 e. The van der Waals surface area contributed by atoms with Crippen LogP contribution in [0.3, 0.4) is 0 Å². The SMILES string of the molecule is COc1ccc(CN(C)C(=O)Cn2c(C)nc3ccccc32)cc1. The van der Waals surface area contributed by atoms with Crippen molar-refractivity contribution in [2.45, 2.75) is 20.0 Å². The van der Waals surface area contributed by atoms with Gasteiger partial charge in [-0.3, -0.25) is 4.79 Å². The fourth-order valence-corrected chi connectivity index (χ4v) is 2.74. The maximum Gasteiger partial charge on any atom is 0.242 e. The minimum absolute atomic E-state index is 0.0528. The monoisotopic (exact) mass is 323 g/mol. The number of benzene rings is 2. The van der Waals surface area contributed by atoms with Crippen molar-refractivity contribution in [1.82, 2.24) is 14.5 Å². The van der Waals surface area contributed by atoms with Gasteiger partial charge in [-0.25, -0.2) is 4.98 Å². The minimum Gasteiger partial charge on any atom is -0.497 e. The summed E-state index contributed by atoms with van der Waals surface area (Å²) in [5, 5.41) is 0. The number of carbonyl (C=O) groups is 1. The second kappa shape index (κ2) is 6.74. The van der Waals surface area contributed by atoms with Gasteiger partial charge in [-0.05, 0) is 36.8 Å². The number of likely N-dealkylation sites (N-methyl/N-ethyl adjacent to an activating group) is 1. The van der Waals surface area contributed by atoms with Gasteiger partial charge in [0.15, 0.2) is 0 Å². The fourth-order valence-electron chi connectivity index (χ4n) is 2.74. The molecule has 5 heteroatoms. The van der Waals surface area contributed by atoms with Crippen LogP contribution < -0.4 is 4.74 Å². The van der Waals surface area contributed by atoms with E-state index in [9.17, 15) is 4.79 Å². The van der Waals surface area contributed by atoms with Gasteiger partial charge in [0, 0.05) is 13.6 Å². The third kappa shape index (κ3) is 3.25. The molecular formula is C19H21N3O2. The lowest BCUT2D eigenvalue weighted by molar-refractivity contribution is -0.131. The van der Waals surface area contributed by atoms with Crippen molar-refractivity contribution in [3.63, 3.8) is 0 Å². The van der Waals surface area contributed by atoms with Gasteiger partial charge >= 0.3 is 0 Å². The molecule has 0 fully saturated rings. The zero-order chi connectivity index (χ0) is 17.1. The van der Waals surface area contributed by atoms with Crippen LogP contribution in [0.5, 0.6) is 5.75 Å². The Kier molecular flexibility index (Phi) is 4.51. The molecule has 3 rings (SSSR count).